The topological polar surface area (TPSA) is 31.2 Å². The number of benzene rings is 1. The fourth-order valence-corrected chi connectivity index (χ4v) is 2.31. The minimum absolute atomic E-state index is 0.0462. The third kappa shape index (κ3) is 3.11. The zero-order chi connectivity index (χ0) is 14.5. The van der Waals surface area contributed by atoms with Crippen molar-refractivity contribution in [3.8, 4) is 11.3 Å². The van der Waals surface area contributed by atoms with Crippen molar-refractivity contribution in [2.45, 2.75) is 19.3 Å². The van der Waals surface area contributed by atoms with Crippen molar-refractivity contribution >= 4 is 11.6 Å². The Kier molecular flexibility index (Phi) is 4.99. The molecule has 0 aliphatic carbocycles. The van der Waals surface area contributed by atoms with Crippen molar-refractivity contribution < 1.29 is 4.74 Å². The lowest BCUT2D eigenvalue weighted by Crippen LogP contribution is -2.26. The molecule has 20 heavy (non-hydrogen) atoms. The number of aromatic nitrogens is 1. The fourth-order valence-electron chi connectivity index (χ4n) is 2.11. The summed E-state index contributed by atoms with van der Waals surface area (Å²) in [5.41, 5.74) is 3.66. The van der Waals surface area contributed by atoms with Gasteiger partial charge in [0.15, 0.2) is 0 Å². The molecule has 2 rings (SSSR count). The molecule has 0 aliphatic rings. The predicted molar refractivity (Wildman–Crippen MR) is 82.3 cm³/mol. The van der Waals surface area contributed by atoms with Gasteiger partial charge in [0.25, 0.3) is 5.56 Å². The number of alkyl halides is 1. The second-order valence-electron chi connectivity index (χ2n) is 4.69. The van der Waals surface area contributed by atoms with Crippen LogP contribution in [0.4, 0.5) is 0 Å². The smallest absolute Gasteiger partial charge is 0.255 e. The second kappa shape index (κ2) is 6.73. The summed E-state index contributed by atoms with van der Waals surface area (Å²) in [6.07, 6.45) is 0. The largest absolute Gasteiger partial charge is 0.383 e. The van der Waals surface area contributed by atoms with Gasteiger partial charge < -0.3 is 9.30 Å². The van der Waals surface area contributed by atoms with Crippen LogP contribution in [0.15, 0.2) is 41.2 Å². The summed E-state index contributed by atoms with van der Waals surface area (Å²) in [6.45, 7) is 3.05. The molecule has 0 saturated heterocycles. The summed E-state index contributed by atoms with van der Waals surface area (Å²) in [4.78, 5) is 12.4. The van der Waals surface area contributed by atoms with Gasteiger partial charge in [0.05, 0.1) is 18.2 Å². The Bertz CT molecular complexity index is 632. The Hall–Kier alpha value is -1.58. The van der Waals surface area contributed by atoms with E-state index < -0.39 is 0 Å². The first-order chi connectivity index (χ1) is 9.67. The molecule has 2 aromatic rings. The van der Waals surface area contributed by atoms with E-state index in [1.807, 2.05) is 37.3 Å². The quantitative estimate of drug-likeness (QED) is 0.792. The number of aryl methyl sites for hydroxylation is 1. The molecule has 4 heteroatoms. The summed E-state index contributed by atoms with van der Waals surface area (Å²) in [7, 11) is 1.63. The van der Waals surface area contributed by atoms with E-state index in [-0.39, 0.29) is 11.4 Å². The number of nitrogens with zero attached hydrogens (tertiary/aromatic N) is 1. The molecule has 0 N–H and O–H groups in total. The number of ether oxygens (including phenoxy) is 1. The Morgan fingerprint density at radius 1 is 1.15 bits per heavy atom. The van der Waals surface area contributed by atoms with Gasteiger partial charge in [0.1, 0.15) is 0 Å². The predicted octanol–water partition coefficient (Wildman–Crippen LogP) is 3.21. The lowest BCUT2D eigenvalue weighted by atomic mass is 10.1. The van der Waals surface area contributed by atoms with Crippen molar-refractivity contribution in [3.63, 3.8) is 0 Å². The monoisotopic (exact) mass is 291 g/mol. The van der Waals surface area contributed by atoms with Crippen molar-refractivity contribution in [3.05, 3.63) is 57.9 Å². The Morgan fingerprint density at radius 2 is 1.85 bits per heavy atom. The van der Waals surface area contributed by atoms with Gasteiger partial charge in [-0.1, -0.05) is 35.9 Å². The van der Waals surface area contributed by atoms with Gasteiger partial charge >= 0.3 is 0 Å². The van der Waals surface area contributed by atoms with Crippen molar-refractivity contribution in [2.24, 2.45) is 0 Å². The third-order valence-electron chi connectivity index (χ3n) is 3.26. The molecule has 0 spiro atoms. The molecular formula is C16H18ClNO2. The number of pyridine rings is 1. The summed E-state index contributed by atoms with van der Waals surface area (Å²) in [5.74, 6) is 0.222. The molecular weight excluding hydrogens is 274 g/mol. The molecule has 1 aromatic carbocycles. The lowest BCUT2D eigenvalue weighted by molar-refractivity contribution is 0.186. The zero-order valence-electron chi connectivity index (χ0n) is 11.7. The highest BCUT2D eigenvalue weighted by Gasteiger charge is 2.09. The SMILES string of the molecule is COCCn1c(-c2ccc(C)cc2)ccc(CCl)c1=O. The molecule has 0 aliphatic heterocycles. The molecule has 1 aromatic heterocycles. The van der Waals surface area contributed by atoms with Crippen molar-refractivity contribution in [1.82, 2.24) is 4.57 Å². The van der Waals surface area contributed by atoms with Gasteiger partial charge in [-0.05, 0) is 18.6 Å². The van der Waals surface area contributed by atoms with Crippen LogP contribution in [0, 0.1) is 6.92 Å². The Labute approximate surface area is 123 Å². The van der Waals surface area contributed by atoms with E-state index in [0.29, 0.717) is 18.7 Å². The van der Waals surface area contributed by atoms with Gasteiger partial charge in [0, 0.05) is 19.2 Å². The molecule has 106 valence electrons. The van der Waals surface area contributed by atoms with E-state index in [9.17, 15) is 4.79 Å². The van der Waals surface area contributed by atoms with Crippen LogP contribution in [0.3, 0.4) is 0 Å². The van der Waals surface area contributed by atoms with Crippen LogP contribution in [0.2, 0.25) is 0 Å². The first-order valence-electron chi connectivity index (χ1n) is 6.52. The van der Waals surface area contributed by atoms with Gasteiger partial charge in [-0.15, -0.1) is 11.6 Å². The maximum atomic E-state index is 12.4. The molecule has 0 atom stereocenters. The van der Waals surface area contributed by atoms with E-state index in [1.165, 1.54) is 5.56 Å². The molecule has 0 saturated carbocycles. The highest BCUT2D eigenvalue weighted by Crippen LogP contribution is 2.19. The molecule has 1 heterocycles. The van der Waals surface area contributed by atoms with Crippen LogP contribution in [0.25, 0.3) is 11.3 Å². The average Bonchev–Trinajstić information content (AvgIpc) is 2.47. The van der Waals surface area contributed by atoms with Crippen molar-refractivity contribution in [2.75, 3.05) is 13.7 Å². The minimum atomic E-state index is -0.0462. The van der Waals surface area contributed by atoms with Crippen LogP contribution in [-0.4, -0.2) is 18.3 Å². The van der Waals surface area contributed by atoms with Gasteiger partial charge in [-0.2, -0.15) is 0 Å². The van der Waals surface area contributed by atoms with E-state index in [4.69, 9.17) is 16.3 Å². The first-order valence-corrected chi connectivity index (χ1v) is 7.05. The van der Waals surface area contributed by atoms with Crippen LogP contribution in [-0.2, 0) is 17.2 Å². The van der Waals surface area contributed by atoms with Gasteiger partial charge in [0.2, 0.25) is 0 Å². The summed E-state index contributed by atoms with van der Waals surface area (Å²) >= 11 is 5.81. The van der Waals surface area contributed by atoms with Crippen LogP contribution in [0.1, 0.15) is 11.1 Å². The molecule has 0 bridgehead atoms. The van der Waals surface area contributed by atoms with E-state index in [1.54, 1.807) is 17.7 Å². The standard InChI is InChI=1S/C16H18ClNO2/c1-12-3-5-13(6-4-12)15-8-7-14(11-17)16(19)18(15)9-10-20-2/h3-8H,9-11H2,1-2H3. The molecule has 0 radical (unpaired) electrons. The number of methoxy groups -OCH3 is 1. The highest BCUT2D eigenvalue weighted by molar-refractivity contribution is 6.17. The van der Waals surface area contributed by atoms with Gasteiger partial charge in [-0.25, -0.2) is 0 Å². The second-order valence-corrected chi connectivity index (χ2v) is 4.96. The Balaban J connectivity index is 2.54. The minimum Gasteiger partial charge on any atom is -0.383 e. The lowest BCUT2D eigenvalue weighted by Gasteiger charge is -2.14. The maximum Gasteiger partial charge on any atom is 0.255 e. The van der Waals surface area contributed by atoms with Crippen LogP contribution < -0.4 is 5.56 Å². The Morgan fingerprint density at radius 3 is 2.45 bits per heavy atom. The number of hydrogen-bond donors (Lipinski definition) is 0. The van der Waals surface area contributed by atoms with Crippen molar-refractivity contribution in [1.29, 1.82) is 0 Å². The van der Waals surface area contributed by atoms with Crippen LogP contribution in [0.5, 0.6) is 0 Å². The first kappa shape index (κ1) is 14.8. The zero-order valence-corrected chi connectivity index (χ0v) is 12.5. The number of halogens is 1. The van der Waals surface area contributed by atoms with E-state index in [0.717, 1.165) is 11.3 Å². The van der Waals surface area contributed by atoms with Crippen LogP contribution >= 0.6 is 11.6 Å². The maximum absolute atomic E-state index is 12.4. The summed E-state index contributed by atoms with van der Waals surface area (Å²) < 4.78 is 6.82. The molecule has 0 fully saturated rings. The summed E-state index contributed by atoms with van der Waals surface area (Å²) in [5, 5.41) is 0. The van der Waals surface area contributed by atoms with E-state index in [2.05, 4.69) is 0 Å². The fraction of sp³-hybridized carbons (Fsp3) is 0.312. The van der Waals surface area contributed by atoms with Gasteiger partial charge in [-0.3, -0.25) is 4.79 Å². The highest BCUT2D eigenvalue weighted by atomic mass is 35.5. The summed E-state index contributed by atoms with van der Waals surface area (Å²) in [6, 6.07) is 11.9. The number of hydrogen-bond acceptors (Lipinski definition) is 2. The normalized spacial score (nSPS) is 10.8. The van der Waals surface area contributed by atoms with E-state index >= 15 is 0 Å². The molecule has 0 amide bonds. The molecule has 3 nitrogen and oxygen atoms in total. The number of rotatable bonds is 5. The third-order valence-corrected chi connectivity index (χ3v) is 3.55. The molecule has 0 unspecified atom stereocenters. The average molecular weight is 292 g/mol.